The molecular weight excluding hydrogens is 272 g/mol. The van der Waals surface area contributed by atoms with Crippen molar-refractivity contribution < 1.29 is 4.79 Å². The number of carbonyl (C=O) groups is 1. The van der Waals surface area contributed by atoms with Crippen molar-refractivity contribution in [3.05, 3.63) is 30.3 Å². The van der Waals surface area contributed by atoms with E-state index >= 15 is 0 Å². The molecule has 0 radical (unpaired) electrons. The molecule has 5 nitrogen and oxygen atoms in total. The van der Waals surface area contributed by atoms with Gasteiger partial charge in [-0.25, -0.2) is 0 Å². The lowest BCUT2D eigenvalue weighted by atomic mass is 10.0. The average Bonchev–Trinajstić information content (AvgIpc) is 2.97. The number of carbonyl (C=O) groups excluding carboxylic acids is 1. The Morgan fingerprint density at radius 3 is 2.90 bits per heavy atom. The van der Waals surface area contributed by atoms with Crippen LogP contribution in [0.3, 0.4) is 0 Å². The van der Waals surface area contributed by atoms with E-state index in [1.54, 1.807) is 0 Å². The van der Waals surface area contributed by atoms with Crippen molar-refractivity contribution in [2.75, 3.05) is 11.9 Å². The average molecular weight is 288 g/mol. The van der Waals surface area contributed by atoms with Gasteiger partial charge in [0.25, 0.3) is 0 Å². The molecule has 20 heavy (non-hydrogen) atoms. The Kier molecular flexibility index (Phi) is 4.03. The van der Waals surface area contributed by atoms with Gasteiger partial charge in [0.15, 0.2) is 0 Å². The SMILES string of the molecule is O=C(Nc1nsc(-c2ccccc2)n1)[C@@H]1CCCCN1. The molecule has 1 amide bonds. The number of rotatable bonds is 3. The number of amides is 1. The third kappa shape index (κ3) is 3.02. The first-order valence-corrected chi connectivity index (χ1v) is 7.53. The summed E-state index contributed by atoms with van der Waals surface area (Å²) in [4.78, 5) is 16.4. The van der Waals surface area contributed by atoms with Crippen LogP contribution in [-0.2, 0) is 4.79 Å². The van der Waals surface area contributed by atoms with Crippen LogP contribution in [0.2, 0.25) is 0 Å². The number of nitrogens with one attached hydrogen (secondary N) is 2. The molecule has 1 aromatic carbocycles. The number of benzene rings is 1. The fourth-order valence-corrected chi connectivity index (χ4v) is 2.87. The molecule has 1 aromatic heterocycles. The fraction of sp³-hybridized carbons (Fsp3) is 0.357. The Balaban J connectivity index is 1.66. The van der Waals surface area contributed by atoms with Crippen molar-refractivity contribution in [1.29, 1.82) is 0 Å². The normalized spacial score (nSPS) is 18.7. The lowest BCUT2D eigenvalue weighted by Crippen LogP contribution is -2.43. The van der Waals surface area contributed by atoms with Crippen molar-refractivity contribution in [1.82, 2.24) is 14.7 Å². The number of piperidine rings is 1. The zero-order valence-electron chi connectivity index (χ0n) is 11.0. The maximum absolute atomic E-state index is 12.1. The van der Waals surface area contributed by atoms with Gasteiger partial charge in [-0.1, -0.05) is 36.8 Å². The molecule has 1 atom stereocenters. The summed E-state index contributed by atoms with van der Waals surface area (Å²) in [7, 11) is 0. The molecule has 0 aliphatic carbocycles. The lowest BCUT2D eigenvalue weighted by Gasteiger charge is -2.21. The van der Waals surface area contributed by atoms with E-state index < -0.39 is 0 Å². The van der Waals surface area contributed by atoms with Crippen LogP contribution in [0.5, 0.6) is 0 Å². The van der Waals surface area contributed by atoms with Gasteiger partial charge >= 0.3 is 0 Å². The lowest BCUT2D eigenvalue weighted by molar-refractivity contribution is -0.118. The predicted octanol–water partition coefficient (Wildman–Crippen LogP) is 2.29. The third-order valence-corrected chi connectivity index (χ3v) is 4.07. The summed E-state index contributed by atoms with van der Waals surface area (Å²) in [5.74, 6) is 0.355. The molecule has 1 aliphatic heterocycles. The van der Waals surface area contributed by atoms with Crippen LogP contribution in [0.25, 0.3) is 10.6 Å². The highest BCUT2D eigenvalue weighted by Gasteiger charge is 2.21. The van der Waals surface area contributed by atoms with Gasteiger partial charge in [0, 0.05) is 5.56 Å². The highest BCUT2D eigenvalue weighted by Crippen LogP contribution is 2.22. The van der Waals surface area contributed by atoms with Crippen LogP contribution in [0.15, 0.2) is 30.3 Å². The van der Waals surface area contributed by atoms with Crippen molar-refractivity contribution in [3.63, 3.8) is 0 Å². The van der Waals surface area contributed by atoms with Crippen molar-refractivity contribution >= 4 is 23.4 Å². The molecule has 2 N–H and O–H groups in total. The highest BCUT2D eigenvalue weighted by molar-refractivity contribution is 7.09. The number of aromatic nitrogens is 2. The predicted molar refractivity (Wildman–Crippen MR) is 79.6 cm³/mol. The molecule has 104 valence electrons. The zero-order chi connectivity index (χ0) is 13.8. The van der Waals surface area contributed by atoms with Crippen LogP contribution in [0.1, 0.15) is 19.3 Å². The second kappa shape index (κ2) is 6.11. The Labute approximate surface area is 121 Å². The first kappa shape index (κ1) is 13.2. The molecule has 6 heteroatoms. The Morgan fingerprint density at radius 1 is 1.30 bits per heavy atom. The largest absolute Gasteiger partial charge is 0.306 e. The number of hydrogen-bond donors (Lipinski definition) is 2. The minimum Gasteiger partial charge on any atom is -0.306 e. The zero-order valence-corrected chi connectivity index (χ0v) is 11.8. The van der Waals surface area contributed by atoms with Gasteiger partial charge in [0.2, 0.25) is 11.9 Å². The minimum absolute atomic E-state index is 0.0397. The number of anilines is 1. The third-order valence-electron chi connectivity index (χ3n) is 3.31. The van der Waals surface area contributed by atoms with Crippen LogP contribution >= 0.6 is 11.5 Å². The molecule has 1 saturated heterocycles. The van der Waals surface area contributed by atoms with Crippen LogP contribution < -0.4 is 10.6 Å². The summed E-state index contributed by atoms with van der Waals surface area (Å²) in [6, 6.07) is 9.72. The fourth-order valence-electron chi connectivity index (χ4n) is 2.25. The van der Waals surface area contributed by atoms with E-state index in [0.717, 1.165) is 36.4 Å². The first-order valence-electron chi connectivity index (χ1n) is 6.76. The molecule has 0 spiro atoms. The first-order chi connectivity index (χ1) is 9.83. The van der Waals surface area contributed by atoms with Gasteiger partial charge in [-0.05, 0) is 30.9 Å². The summed E-state index contributed by atoms with van der Waals surface area (Å²) in [5, 5.41) is 6.82. The Morgan fingerprint density at radius 2 is 2.15 bits per heavy atom. The standard InChI is InChI=1S/C14H16N4OS/c19-12(11-8-4-5-9-15-11)16-14-17-13(20-18-14)10-6-2-1-3-7-10/h1-3,6-7,11,15H,4-5,8-9H2,(H,16,18,19)/t11-/m0/s1. The van der Waals surface area contributed by atoms with Gasteiger partial charge in [-0.3, -0.25) is 10.1 Å². The molecule has 2 aromatic rings. The van der Waals surface area contributed by atoms with Gasteiger partial charge in [-0.2, -0.15) is 9.36 Å². The number of hydrogen-bond acceptors (Lipinski definition) is 5. The number of nitrogens with zero attached hydrogens (tertiary/aromatic N) is 2. The summed E-state index contributed by atoms with van der Waals surface area (Å²) in [5.41, 5.74) is 1.02. The molecule has 0 unspecified atom stereocenters. The van der Waals surface area contributed by atoms with Crippen LogP contribution in [0.4, 0.5) is 5.95 Å². The summed E-state index contributed by atoms with van der Waals surface area (Å²) in [6.45, 7) is 0.901. The smallest absolute Gasteiger partial charge is 0.243 e. The maximum Gasteiger partial charge on any atom is 0.243 e. The molecule has 3 rings (SSSR count). The molecule has 1 fully saturated rings. The van der Waals surface area contributed by atoms with E-state index in [-0.39, 0.29) is 11.9 Å². The van der Waals surface area contributed by atoms with E-state index in [0.29, 0.717) is 5.95 Å². The second-order valence-electron chi connectivity index (χ2n) is 4.78. The van der Waals surface area contributed by atoms with Crippen LogP contribution in [0, 0.1) is 0 Å². The van der Waals surface area contributed by atoms with Crippen molar-refractivity contribution in [2.24, 2.45) is 0 Å². The van der Waals surface area contributed by atoms with Crippen molar-refractivity contribution in [2.45, 2.75) is 25.3 Å². The summed E-state index contributed by atoms with van der Waals surface area (Å²) >= 11 is 1.30. The molecule has 1 aliphatic rings. The van der Waals surface area contributed by atoms with E-state index in [1.165, 1.54) is 11.5 Å². The monoisotopic (exact) mass is 288 g/mol. The van der Waals surface area contributed by atoms with Gasteiger partial charge in [-0.15, -0.1) is 0 Å². The minimum atomic E-state index is -0.118. The Bertz CT molecular complexity index is 578. The van der Waals surface area contributed by atoms with Gasteiger partial charge in [0.05, 0.1) is 6.04 Å². The topological polar surface area (TPSA) is 66.9 Å². The molecular formula is C14H16N4OS. The van der Waals surface area contributed by atoms with E-state index in [4.69, 9.17) is 0 Å². The van der Waals surface area contributed by atoms with Gasteiger partial charge in [0.1, 0.15) is 5.01 Å². The second-order valence-corrected chi connectivity index (χ2v) is 5.53. The van der Waals surface area contributed by atoms with Crippen molar-refractivity contribution in [3.8, 4) is 10.6 Å². The van der Waals surface area contributed by atoms with E-state index in [9.17, 15) is 4.79 Å². The highest BCUT2D eigenvalue weighted by atomic mass is 32.1. The molecule has 0 saturated carbocycles. The quantitative estimate of drug-likeness (QED) is 0.909. The van der Waals surface area contributed by atoms with E-state index in [1.807, 2.05) is 30.3 Å². The summed E-state index contributed by atoms with van der Waals surface area (Å²) < 4.78 is 4.20. The maximum atomic E-state index is 12.1. The molecule has 2 heterocycles. The van der Waals surface area contributed by atoms with E-state index in [2.05, 4.69) is 20.0 Å². The Hall–Kier alpha value is -1.79. The summed E-state index contributed by atoms with van der Waals surface area (Å²) in [6.07, 6.45) is 3.10. The molecule has 0 bridgehead atoms. The van der Waals surface area contributed by atoms with Gasteiger partial charge < -0.3 is 5.32 Å². The van der Waals surface area contributed by atoms with Crippen LogP contribution in [-0.4, -0.2) is 27.9 Å².